The molecule has 4 aliphatic rings. The number of hydrogen-bond donors (Lipinski definition) is 0. The maximum atomic E-state index is 14.5. The van der Waals surface area contributed by atoms with Crippen molar-refractivity contribution >= 4 is 27.6 Å². The van der Waals surface area contributed by atoms with Gasteiger partial charge in [0.15, 0.2) is 0 Å². The van der Waals surface area contributed by atoms with Gasteiger partial charge in [0.05, 0.1) is 27.3 Å². The lowest BCUT2D eigenvalue weighted by Gasteiger charge is -2.43. The van der Waals surface area contributed by atoms with Crippen LogP contribution in [0.5, 0.6) is 0 Å². The summed E-state index contributed by atoms with van der Waals surface area (Å²) >= 11 is 0. The Morgan fingerprint density at radius 1 is 0.881 bits per heavy atom. The molecule has 0 aromatic heterocycles. The Kier molecular flexibility index (Phi) is 7.16. The lowest BCUT2D eigenvalue weighted by Crippen LogP contribution is -2.49. The van der Waals surface area contributed by atoms with Crippen LogP contribution in [0.15, 0.2) is 88.6 Å². The molecule has 9 heteroatoms. The Hall–Kier alpha value is -3.85. The van der Waals surface area contributed by atoms with E-state index in [1.165, 1.54) is 4.31 Å². The molecule has 0 fully saturated rings. The van der Waals surface area contributed by atoms with Crippen molar-refractivity contribution in [2.24, 2.45) is 0 Å². The second-order valence-electron chi connectivity index (χ2n) is 12.9. The van der Waals surface area contributed by atoms with E-state index < -0.39 is 38.6 Å². The van der Waals surface area contributed by atoms with Gasteiger partial charge in [0.2, 0.25) is 0 Å². The lowest BCUT2D eigenvalue weighted by atomic mass is 9.68. The Morgan fingerprint density at radius 3 is 2.14 bits per heavy atom. The van der Waals surface area contributed by atoms with Gasteiger partial charge >= 0.3 is 11.9 Å². The average molecular weight is 591 g/mol. The monoisotopic (exact) mass is 590 g/mol. The minimum Gasteiger partial charge on any atom is -0.457 e. The van der Waals surface area contributed by atoms with E-state index in [9.17, 15) is 18.0 Å². The van der Waals surface area contributed by atoms with Crippen molar-refractivity contribution in [3.63, 3.8) is 0 Å². The lowest BCUT2D eigenvalue weighted by molar-refractivity contribution is -0.156. The number of benzene rings is 2. The highest BCUT2D eigenvalue weighted by Crippen LogP contribution is 2.58. The van der Waals surface area contributed by atoms with Gasteiger partial charge in [-0.05, 0) is 84.7 Å². The number of allylic oxidation sites excluding steroid dienone is 3. The molecule has 2 aromatic carbocycles. The third-order valence-corrected chi connectivity index (χ3v) is 9.19. The van der Waals surface area contributed by atoms with E-state index in [4.69, 9.17) is 9.47 Å². The summed E-state index contributed by atoms with van der Waals surface area (Å²) in [6, 6.07) is 13.9. The van der Waals surface area contributed by atoms with E-state index in [0.717, 1.165) is 5.56 Å². The molecular weight excluding hydrogens is 552 g/mol. The molecule has 0 saturated carbocycles. The molecule has 6 rings (SSSR count). The topological polar surface area (TPSA) is 93.2 Å². The Bertz CT molecular complexity index is 1640. The number of hydrogen-bond acceptors (Lipinski definition) is 7. The van der Waals surface area contributed by atoms with Gasteiger partial charge in [0, 0.05) is 13.1 Å². The summed E-state index contributed by atoms with van der Waals surface area (Å²) in [4.78, 5) is 30.3. The van der Waals surface area contributed by atoms with Crippen LogP contribution in [-0.4, -0.2) is 49.5 Å². The van der Waals surface area contributed by atoms with Gasteiger partial charge in [0.1, 0.15) is 16.9 Å². The van der Waals surface area contributed by atoms with Crippen LogP contribution in [0.4, 0.5) is 5.69 Å². The fourth-order valence-electron chi connectivity index (χ4n) is 5.85. The van der Waals surface area contributed by atoms with E-state index >= 15 is 0 Å². The van der Waals surface area contributed by atoms with E-state index in [1.807, 2.05) is 30.0 Å². The Balaban J connectivity index is 1.86. The van der Waals surface area contributed by atoms with Gasteiger partial charge in [-0.25, -0.2) is 22.3 Å². The molecule has 42 heavy (non-hydrogen) atoms. The maximum absolute atomic E-state index is 14.5. The summed E-state index contributed by atoms with van der Waals surface area (Å²) in [5, 5.41) is 0. The zero-order valence-corrected chi connectivity index (χ0v) is 26.0. The van der Waals surface area contributed by atoms with Gasteiger partial charge in [-0.2, -0.15) is 0 Å². The highest BCUT2D eigenvalue weighted by atomic mass is 32.2. The minimum absolute atomic E-state index is 0.0851. The Morgan fingerprint density at radius 2 is 1.50 bits per heavy atom. The van der Waals surface area contributed by atoms with Crippen molar-refractivity contribution in [1.82, 2.24) is 4.90 Å². The summed E-state index contributed by atoms with van der Waals surface area (Å²) in [5.41, 5.74) is -0.489. The average Bonchev–Trinajstić information content (AvgIpc) is 3.21. The number of rotatable bonds is 4. The quantitative estimate of drug-likeness (QED) is 0.432. The van der Waals surface area contributed by atoms with Crippen LogP contribution in [0.2, 0.25) is 0 Å². The van der Waals surface area contributed by atoms with E-state index in [1.54, 1.807) is 90.1 Å². The van der Waals surface area contributed by atoms with Crippen LogP contribution in [0.25, 0.3) is 0 Å². The number of sulfonamides is 1. The predicted octanol–water partition coefficient (Wildman–Crippen LogP) is 5.54. The van der Waals surface area contributed by atoms with E-state index in [-0.39, 0.29) is 16.2 Å². The number of fused-ring (bicyclic) bond motifs is 4. The van der Waals surface area contributed by atoms with Crippen LogP contribution in [-0.2, 0) is 34.5 Å². The second-order valence-corrected chi connectivity index (χ2v) is 14.7. The van der Waals surface area contributed by atoms with Gasteiger partial charge in [-0.3, -0.25) is 0 Å². The van der Waals surface area contributed by atoms with Crippen molar-refractivity contribution < 1.29 is 27.5 Å². The molecule has 2 aromatic rings. The number of para-hydroxylation sites is 1. The fraction of sp³-hybridized carbons (Fsp3) is 0.394. The number of ether oxygens (including phenoxy) is 2. The number of nitrogens with zero attached hydrogens (tertiary/aromatic N) is 2. The number of aryl methyl sites for hydroxylation is 1. The standard InChI is InChI=1S/C33H38N2O6S/c1-22-15-17-23(18-16-22)42(38,39)35-25-13-9-8-12-24(25)33-19-21-34(20-11-10-14-26(33)35)28(30(37)41-32(5,6)7)27(33)29(36)40-31(2,3)4/h8-18H,19-21H2,1-7H3/b11-10-,26-14+. The number of carbonyl (C=O) groups is 2. The zero-order valence-electron chi connectivity index (χ0n) is 25.2. The normalized spacial score (nSPS) is 22.3. The van der Waals surface area contributed by atoms with Crippen molar-refractivity contribution in [2.45, 2.75) is 76.4 Å². The molecule has 2 bridgehead atoms. The van der Waals surface area contributed by atoms with Crippen molar-refractivity contribution in [2.75, 3.05) is 17.4 Å². The number of carbonyl (C=O) groups excluding carboxylic acids is 2. The van der Waals surface area contributed by atoms with Crippen LogP contribution >= 0.6 is 0 Å². The third-order valence-electron chi connectivity index (χ3n) is 7.45. The summed E-state index contributed by atoms with van der Waals surface area (Å²) < 4.78 is 42.1. The third kappa shape index (κ3) is 5.04. The summed E-state index contributed by atoms with van der Waals surface area (Å²) in [6.45, 7) is 13.2. The zero-order chi connectivity index (χ0) is 30.7. The summed E-state index contributed by atoms with van der Waals surface area (Å²) in [6.07, 6.45) is 5.73. The van der Waals surface area contributed by atoms with Gasteiger partial charge in [0.25, 0.3) is 10.0 Å². The van der Waals surface area contributed by atoms with Crippen molar-refractivity contribution in [3.05, 3.63) is 94.9 Å². The van der Waals surface area contributed by atoms with Crippen LogP contribution < -0.4 is 4.31 Å². The van der Waals surface area contributed by atoms with Gasteiger partial charge < -0.3 is 14.4 Å². The fourth-order valence-corrected chi connectivity index (χ4v) is 7.43. The molecule has 4 heterocycles. The molecule has 1 spiro atoms. The molecule has 0 aliphatic carbocycles. The number of anilines is 1. The number of esters is 2. The molecule has 0 N–H and O–H groups in total. The smallest absolute Gasteiger partial charge is 0.355 e. The molecule has 1 unspecified atom stereocenters. The predicted molar refractivity (Wildman–Crippen MR) is 161 cm³/mol. The van der Waals surface area contributed by atoms with Crippen molar-refractivity contribution in [3.8, 4) is 0 Å². The Labute approximate surface area is 248 Å². The van der Waals surface area contributed by atoms with Gasteiger partial charge in [-0.15, -0.1) is 0 Å². The SMILES string of the molecule is Cc1ccc(S(=O)(=O)N2/C3=C/C=C\CN4CCC3(C(C(=O)OC(C)(C)C)=C4C(=O)OC(C)(C)C)c3ccccc32)cc1. The molecular formula is C33H38N2O6S. The summed E-state index contributed by atoms with van der Waals surface area (Å²) in [7, 11) is -4.13. The molecule has 0 saturated heterocycles. The first kappa shape index (κ1) is 29.6. The van der Waals surface area contributed by atoms with Gasteiger partial charge in [-0.1, -0.05) is 48.0 Å². The molecule has 0 radical (unpaired) electrons. The van der Waals surface area contributed by atoms with Crippen LogP contribution in [0, 0.1) is 6.92 Å². The van der Waals surface area contributed by atoms with E-state index in [2.05, 4.69) is 0 Å². The molecule has 8 nitrogen and oxygen atoms in total. The largest absolute Gasteiger partial charge is 0.457 e. The first-order chi connectivity index (χ1) is 19.6. The maximum Gasteiger partial charge on any atom is 0.355 e. The first-order valence-corrected chi connectivity index (χ1v) is 15.6. The van der Waals surface area contributed by atoms with Crippen molar-refractivity contribution in [1.29, 1.82) is 0 Å². The highest BCUT2D eigenvalue weighted by Gasteiger charge is 2.59. The van der Waals surface area contributed by atoms with Crippen LogP contribution in [0.3, 0.4) is 0 Å². The molecule has 1 atom stereocenters. The van der Waals surface area contributed by atoms with E-state index in [0.29, 0.717) is 36.5 Å². The minimum atomic E-state index is -4.13. The molecule has 4 aliphatic heterocycles. The molecule has 0 amide bonds. The molecule has 222 valence electrons. The second kappa shape index (κ2) is 10.2. The van der Waals surface area contributed by atoms with Crippen LogP contribution in [0.1, 0.15) is 59.1 Å². The first-order valence-electron chi connectivity index (χ1n) is 14.1. The summed E-state index contributed by atoms with van der Waals surface area (Å²) in [5.74, 6) is -1.35. The highest BCUT2D eigenvalue weighted by molar-refractivity contribution is 7.93.